The van der Waals surface area contributed by atoms with Crippen LogP contribution in [-0.2, 0) is 9.53 Å². The number of ether oxygens (including phenoxy) is 1. The predicted molar refractivity (Wildman–Crippen MR) is 74.3 cm³/mol. The zero-order valence-electron chi connectivity index (χ0n) is 11.4. The molecule has 0 bridgehead atoms. The smallest absolute Gasteiger partial charge is 0.350 e. The Morgan fingerprint density at radius 1 is 1.47 bits per heavy atom. The van der Waals surface area contributed by atoms with E-state index in [-0.39, 0.29) is 24.8 Å². The summed E-state index contributed by atoms with van der Waals surface area (Å²) in [6.45, 7) is 6.28. The maximum Gasteiger partial charge on any atom is 0.350 e. The van der Waals surface area contributed by atoms with E-state index in [1.807, 2.05) is 13.8 Å². The Morgan fingerprint density at radius 2 is 2.16 bits per heavy atom. The number of nitrogens with zero attached hydrogens (tertiary/aromatic N) is 1. The van der Waals surface area contributed by atoms with Gasteiger partial charge in [-0.05, 0) is 12.8 Å². The molecule has 1 heterocycles. The van der Waals surface area contributed by atoms with Gasteiger partial charge in [-0.25, -0.2) is 9.78 Å². The van der Waals surface area contributed by atoms with Crippen molar-refractivity contribution in [2.45, 2.75) is 27.2 Å². The van der Waals surface area contributed by atoms with Crippen molar-refractivity contribution < 1.29 is 14.3 Å². The fourth-order valence-corrected chi connectivity index (χ4v) is 2.14. The van der Waals surface area contributed by atoms with E-state index in [1.165, 1.54) is 0 Å². The highest BCUT2D eigenvalue weighted by atomic mass is 32.1. The first kappa shape index (κ1) is 15.6. The highest BCUT2D eigenvalue weighted by molar-refractivity contribution is 7.17. The van der Waals surface area contributed by atoms with E-state index in [0.717, 1.165) is 11.3 Å². The molecule has 0 radical (unpaired) electrons. The monoisotopic (exact) mass is 285 g/mol. The molecule has 0 saturated carbocycles. The normalized spacial score (nSPS) is 10.6. The quantitative estimate of drug-likeness (QED) is 0.773. The van der Waals surface area contributed by atoms with Crippen LogP contribution in [0.4, 0.5) is 5.13 Å². The largest absolute Gasteiger partial charge is 0.461 e. The average molecular weight is 285 g/mol. The Hall–Kier alpha value is -1.47. The summed E-state index contributed by atoms with van der Waals surface area (Å²) in [7, 11) is 0. The number of aromatic nitrogens is 1. The molecule has 0 aliphatic rings. The summed E-state index contributed by atoms with van der Waals surface area (Å²) in [5, 5.41) is 3.00. The van der Waals surface area contributed by atoms with Gasteiger partial charge in [-0.1, -0.05) is 25.2 Å². The molecule has 0 aliphatic heterocycles. The molecule has 19 heavy (non-hydrogen) atoms. The molecule has 7 heteroatoms. The van der Waals surface area contributed by atoms with Gasteiger partial charge in [0.25, 0.3) is 0 Å². The first-order valence-electron chi connectivity index (χ1n) is 6.08. The van der Waals surface area contributed by atoms with Crippen molar-refractivity contribution in [1.82, 2.24) is 4.98 Å². The minimum Gasteiger partial charge on any atom is -0.461 e. The summed E-state index contributed by atoms with van der Waals surface area (Å²) in [6, 6.07) is 0. The molecule has 106 valence electrons. The third-order valence-electron chi connectivity index (χ3n) is 2.15. The lowest BCUT2D eigenvalue weighted by Gasteiger charge is -2.05. The van der Waals surface area contributed by atoms with Crippen LogP contribution >= 0.6 is 11.3 Å². The number of nitrogens with one attached hydrogen (secondary N) is 1. The van der Waals surface area contributed by atoms with Gasteiger partial charge in [-0.3, -0.25) is 4.79 Å². The van der Waals surface area contributed by atoms with Gasteiger partial charge in [-0.2, -0.15) is 0 Å². The van der Waals surface area contributed by atoms with Crippen molar-refractivity contribution in [3.05, 3.63) is 10.6 Å². The standard InChI is InChI=1S/C12H19N3O3S/c1-7(2)6-18-11(17)10-8(3)14-12(19-10)15-9(16)4-5-13/h7H,4-6,13H2,1-3H3,(H,14,15,16). The number of thiazole rings is 1. The number of nitrogens with two attached hydrogens (primary N) is 1. The Balaban J connectivity index is 2.68. The van der Waals surface area contributed by atoms with Crippen LogP contribution in [0.2, 0.25) is 0 Å². The average Bonchev–Trinajstić information content (AvgIpc) is 2.67. The first-order chi connectivity index (χ1) is 8.93. The Morgan fingerprint density at radius 3 is 2.74 bits per heavy atom. The van der Waals surface area contributed by atoms with Crippen molar-refractivity contribution in [2.24, 2.45) is 11.7 Å². The van der Waals surface area contributed by atoms with Crippen LogP contribution in [0.25, 0.3) is 0 Å². The summed E-state index contributed by atoms with van der Waals surface area (Å²) < 4.78 is 5.13. The third-order valence-corrected chi connectivity index (χ3v) is 3.20. The molecule has 1 rings (SSSR count). The number of amides is 1. The highest BCUT2D eigenvalue weighted by Crippen LogP contribution is 2.23. The topological polar surface area (TPSA) is 94.3 Å². The number of carbonyl (C=O) groups excluding carboxylic acids is 2. The van der Waals surface area contributed by atoms with Crippen LogP contribution in [0.1, 0.15) is 35.6 Å². The second-order valence-corrected chi connectivity index (χ2v) is 5.51. The fraction of sp³-hybridized carbons (Fsp3) is 0.583. The van der Waals surface area contributed by atoms with E-state index in [1.54, 1.807) is 6.92 Å². The zero-order chi connectivity index (χ0) is 14.4. The van der Waals surface area contributed by atoms with Crippen LogP contribution in [0.3, 0.4) is 0 Å². The highest BCUT2D eigenvalue weighted by Gasteiger charge is 2.18. The van der Waals surface area contributed by atoms with Crippen molar-refractivity contribution in [3.8, 4) is 0 Å². The third kappa shape index (κ3) is 4.96. The fourth-order valence-electron chi connectivity index (χ4n) is 1.26. The number of hydrogen-bond donors (Lipinski definition) is 2. The molecule has 3 N–H and O–H groups in total. The van der Waals surface area contributed by atoms with Crippen LogP contribution in [-0.4, -0.2) is 30.0 Å². The van der Waals surface area contributed by atoms with E-state index >= 15 is 0 Å². The van der Waals surface area contributed by atoms with Crippen LogP contribution in [0.15, 0.2) is 0 Å². The maximum absolute atomic E-state index is 11.8. The molecule has 0 atom stereocenters. The number of aryl methyl sites for hydroxylation is 1. The molecule has 0 aromatic carbocycles. The summed E-state index contributed by atoms with van der Waals surface area (Å²) in [6.07, 6.45) is 0.228. The molecule has 0 saturated heterocycles. The van der Waals surface area contributed by atoms with E-state index in [2.05, 4.69) is 10.3 Å². The molecular formula is C12H19N3O3S. The van der Waals surface area contributed by atoms with Crippen LogP contribution in [0, 0.1) is 12.8 Å². The lowest BCUT2D eigenvalue weighted by atomic mass is 10.2. The van der Waals surface area contributed by atoms with Crippen molar-refractivity contribution in [2.75, 3.05) is 18.5 Å². The number of hydrogen-bond acceptors (Lipinski definition) is 6. The van der Waals surface area contributed by atoms with E-state index < -0.39 is 5.97 Å². The Labute approximate surface area is 116 Å². The Kier molecular flexibility index (Phi) is 5.91. The van der Waals surface area contributed by atoms with Gasteiger partial charge in [0.2, 0.25) is 5.91 Å². The van der Waals surface area contributed by atoms with Gasteiger partial charge >= 0.3 is 5.97 Å². The second-order valence-electron chi connectivity index (χ2n) is 4.51. The zero-order valence-corrected chi connectivity index (χ0v) is 12.2. The number of anilines is 1. The molecule has 0 unspecified atom stereocenters. The summed E-state index contributed by atoms with van der Waals surface area (Å²) in [4.78, 5) is 27.7. The maximum atomic E-state index is 11.8. The van der Waals surface area contributed by atoms with Gasteiger partial charge in [0.05, 0.1) is 12.3 Å². The number of esters is 1. The lowest BCUT2D eigenvalue weighted by Crippen LogP contribution is -2.15. The van der Waals surface area contributed by atoms with Crippen molar-refractivity contribution in [1.29, 1.82) is 0 Å². The summed E-state index contributed by atoms with van der Waals surface area (Å²) in [5.74, 6) is -0.331. The van der Waals surface area contributed by atoms with Crippen LogP contribution < -0.4 is 11.1 Å². The number of rotatable bonds is 6. The van der Waals surface area contributed by atoms with Gasteiger partial charge < -0.3 is 15.8 Å². The Bertz CT molecular complexity index is 457. The molecule has 6 nitrogen and oxygen atoms in total. The van der Waals surface area contributed by atoms with Gasteiger partial charge in [0, 0.05) is 13.0 Å². The second kappa shape index (κ2) is 7.20. The van der Waals surface area contributed by atoms with Gasteiger partial charge in [0.15, 0.2) is 5.13 Å². The van der Waals surface area contributed by atoms with Gasteiger partial charge in [-0.15, -0.1) is 0 Å². The molecule has 1 aromatic rings. The van der Waals surface area contributed by atoms with Crippen molar-refractivity contribution in [3.63, 3.8) is 0 Å². The summed E-state index contributed by atoms with van der Waals surface area (Å²) in [5.41, 5.74) is 5.84. The summed E-state index contributed by atoms with van der Waals surface area (Å²) >= 11 is 1.12. The lowest BCUT2D eigenvalue weighted by molar-refractivity contribution is -0.116. The van der Waals surface area contributed by atoms with E-state index in [0.29, 0.717) is 22.3 Å². The minimum atomic E-state index is -0.400. The van der Waals surface area contributed by atoms with E-state index in [4.69, 9.17) is 10.5 Å². The molecule has 0 fully saturated rings. The molecule has 0 aliphatic carbocycles. The SMILES string of the molecule is Cc1nc(NC(=O)CCN)sc1C(=O)OCC(C)C. The van der Waals surface area contributed by atoms with Crippen LogP contribution in [0.5, 0.6) is 0 Å². The first-order valence-corrected chi connectivity index (χ1v) is 6.90. The molecule has 1 aromatic heterocycles. The van der Waals surface area contributed by atoms with Crippen molar-refractivity contribution >= 4 is 28.3 Å². The minimum absolute atomic E-state index is 0.210. The molecular weight excluding hydrogens is 266 g/mol. The number of carbonyl (C=O) groups is 2. The van der Waals surface area contributed by atoms with Gasteiger partial charge in [0.1, 0.15) is 4.88 Å². The molecule has 0 spiro atoms. The predicted octanol–water partition coefficient (Wildman–Crippen LogP) is 1.55. The molecule has 1 amide bonds. The van der Waals surface area contributed by atoms with E-state index in [9.17, 15) is 9.59 Å².